The fraction of sp³-hybridized carbons (Fsp3) is 0.778. The second-order valence-corrected chi connectivity index (χ2v) is 8.84. The molecule has 8 heteroatoms. The number of anilines is 1. The summed E-state index contributed by atoms with van der Waals surface area (Å²) in [5.41, 5.74) is 1.39. The monoisotopic (exact) mass is 420 g/mol. The molecule has 0 aromatic carbocycles. The molecule has 1 saturated carbocycles. The van der Waals surface area contributed by atoms with Crippen LogP contribution in [0.25, 0.3) is 0 Å². The third-order valence-corrected chi connectivity index (χ3v) is 6.82. The normalized spacial score (nSPS) is 27.3. The number of hydrogen-bond donors (Lipinski definition) is 2. The van der Waals surface area contributed by atoms with Crippen LogP contribution in [0.4, 0.5) is 5.13 Å². The summed E-state index contributed by atoms with van der Waals surface area (Å²) in [6.45, 7) is 7.68. The van der Waals surface area contributed by atoms with Gasteiger partial charge in [-0.15, -0.1) is 36.2 Å². The van der Waals surface area contributed by atoms with Gasteiger partial charge in [-0.25, -0.2) is 4.98 Å². The Kier molecular flexibility index (Phi) is 7.74. The molecule has 2 unspecified atom stereocenters. The lowest BCUT2D eigenvalue weighted by Gasteiger charge is -2.30. The number of piperidine rings is 2. The van der Waals surface area contributed by atoms with Gasteiger partial charge in [-0.2, -0.15) is 0 Å². The molecule has 1 amide bonds. The predicted octanol–water partition coefficient (Wildman–Crippen LogP) is 3.55. The maximum absolute atomic E-state index is 12.5. The van der Waals surface area contributed by atoms with Crippen molar-refractivity contribution in [3.8, 4) is 0 Å². The van der Waals surface area contributed by atoms with Crippen LogP contribution < -0.4 is 10.6 Å². The van der Waals surface area contributed by atoms with E-state index in [1.807, 2.05) is 0 Å². The first-order chi connectivity index (χ1) is 11.6. The molecule has 1 aliphatic carbocycles. The van der Waals surface area contributed by atoms with Gasteiger partial charge in [-0.1, -0.05) is 6.92 Å². The molecule has 26 heavy (non-hydrogen) atoms. The fourth-order valence-electron chi connectivity index (χ4n) is 4.48. The standard InChI is InChI=1S/C18H28N4OS.2ClH/c1-13-3-2-8-22(10-13)11-14-12-24-17(20-14)21-16(23)15-9-18(15)4-6-19-7-5-18;;/h12-13,15,19H,2-11H2,1H3,(H,20,21,23);2*1H. The van der Waals surface area contributed by atoms with Gasteiger partial charge in [0.1, 0.15) is 0 Å². The highest BCUT2D eigenvalue weighted by Crippen LogP contribution is 2.58. The lowest BCUT2D eigenvalue weighted by Crippen LogP contribution is -2.33. The van der Waals surface area contributed by atoms with E-state index >= 15 is 0 Å². The summed E-state index contributed by atoms with van der Waals surface area (Å²) >= 11 is 1.57. The van der Waals surface area contributed by atoms with E-state index in [1.54, 1.807) is 11.3 Å². The quantitative estimate of drug-likeness (QED) is 0.781. The fourth-order valence-corrected chi connectivity index (χ4v) is 5.19. The van der Waals surface area contributed by atoms with Crippen LogP contribution in [0, 0.1) is 17.3 Å². The molecule has 5 nitrogen and oxygen atoms in total. The molecule has 2 atom stereocenters. The lowest BCUT2D eigenvalue weighted by atomic mass is 9.92. The summed E-state index contributed by atoms with van der Waals surface area (Å²) in [7, 11) is 0. The zero-order valence-electron chi connectivity index (χ0n) is 15.3. The second-order valence-electron chi connectivity index (χ2n) is 7.98. The summed E-state index contributed by atoms with van der Waals surface area (Å²) in [5.74, 6) is 1.17. The van der Waals surface area contributed by atoms with Crippen molar-refractivity contribution in [2.45, 2.75) is 45.6 Å². The lowest BCUT2D eigenvalue weighted by molar-refractivity contribution is -0.118. The zero-order valence-corrected chi connectivity index (χ0v) is 17.8. The van der Waals surface area contributed by atoms with Crippen LogP contribution in [0.5, 0.6) is 0 Å². The summed E-state index contributed by atoms with van der Waals surface area (Å²) < 4.78 is 0. The number of nitrogens with zero attached hydrogens (tertiary/aromatic N) is 2. The average molecular weight is 421 g/mol. The van der Waals surface area contributed by atoms with Gasteiger partial charge < -0.3 is 10.6 Å². The smallest absolute Gasteiger partial charge is 0.229 e. The molecule has 3 aliphatic rings. The minimum absolute atomic E-state index is 0. The molecule has 1 aromatic heterocycles. The molecule has 0 radical (unpaired) electrons. The summed E-state index contributed by atoms with van der Waals surface area (Å²) in [6.07, 6.45) is 5.97. The minimum Gasteiger partial charge on any atom is -0.317 e. The molecule has 2 saturated heterocycles. The molecule has 1 spiro atoms. The van der Waals surface area contributed by atoms with Crippen molar-refractivity contribution in [3.63, 3.8) is 0 Å². The Hall–Kier alpha value is -0.400. The number of halogens is 2. The van der Waals surface area contributed by atoms with E-state index < -0.39 is 0 Å². The number of carbonyl (C=O) groups is 1. The molecule has 4 rings (SSSR count). The van der Waals surface area contributed by atoms with Crippen LogP contribution in [0.3, 0.4) is 0 Å². The molecule has 2 N–H and O–H groups in total. The average Bonchev–Trinajstić information content (AvgIpc) is 3.07. The predicted molar refractivity (Wildman–Crippen MR) is 112 cm³/mol. The van der Waals surface area contributed by atoms with Crippen LogP contribution in [-0.4, -0.2) is 42.0 Å². The van der Waals surface area contributed by atoms with E-state index in [2.05, 4.69) is 32.8 Å². The minimum atomic E-state index is 0. The number of hydrogen-bond acceptors (Lipinski definition) is 5. The van der Waals surface area contributed by atoms with Gasteiger partial charge in [0.05, 0.1) is 5.69 Å². The molecule has 3 fully saturated rings. The SMILES string of the molecule is CC1CCCN(Cc2csc(NC(=O)C3CC34CCNCC4)n2)C1.Cl.Cl. The summed E-state index contributed by atoms with van der Waals surface area (Å²) in [5, 5.41) is 9.33. The van der Waals surface area contributed by atoms with Crippen molar-refractivity contribution in [2.24, 2.45) is 17.3 Å². The first-order valence-corrected chi connectivity index (χ1v) is 10.2. The molecule has 2 aliphatic heterocycles. The highest BCUT2D eigenvalue weighted by Gasteiger charge is 2.57. The Morgan fingerprint density at radius 1 is 1.42 bits per heavy atom. The third kappa shape index (κ3) is 4.90. The van der Waals surface area contributed by atoms with Crippen molar-refractivity contribution in [3.05, 3.63) is 11.1 Å². The van der Waals surface area contributed by atoms with Gasteiger partial charge in [0.15, 0.2) is 5.13 Å². The van der Waals surface area contributed by atoms with Gasteiger partial charge in [0.2, 0.25) is 5.91 Å². The third-order valence-electron chi connectivity index (χ3n) is 6.01. The van der Waals surface area contributed by atoms with Crippen LogP contribution in [0.1, 0.15) is 44.7 Å². The van der Waals surface area contributed by atoms with E-state index in [1.165, 1.54) is 19.4 Å². The number of aromatic nitrogens is 1. The topological polar surface area (TPSA) is 57.3 Å². The molecule has 1 aromatic rings. The Morgan fingerprint density at radius 2 is 2.19 bits per heavy atom. The molecule has 3 heterocycles. The van der Waals surface area contributed by atoms with Crippen molar-refractivity contribution in [1.82, 2.24) is 15.2 Å². The number of rotatable bonds is 4. The van der Waals surface area contributed by atoms with Crippen LogP contribution in [0.2, 0.25) is 0 Å². The molecule has 0 bridgehead atoms. The molecular weight excluding hydrogens is 391 g/mol. The first-order valence-electron chi connectivity index (χ1n) is 9.33. The highest BCUT2D eigenvalue weighted by molar-refractivity contribution is 7.13. The van der Waals surface area contributed by atoms with E-state index in [-0.39, 0.29) is 36.6 Å². The van der Waals surface area contributed by atoms with Crippen molar-refractivity contribution in [2.75, 3.05) is 31.5 Å². The molecular formula is C18H30Cl2N4OS. The van der Waals surface area contributed by atoms with Gasteiger partial charge in [0, 0.05) is 24.4 Å². The van der Waals surface area contributed by atoms with Gasteiger partial charge in [-0.05, 0) is 63.1 Å². The van der Waals surface area contributed by atoms with E-state index in [0.717, 1.165) is 62.2 Å². The van der Waals surface area contributed by atoms with Crippen LogP contribution >= 0.6 is 36.2 Å². The van der Waals surface area contributed by atoms with Crippen LogP contribution in [-0.2, 0) is 11.3 Å². The molecule has 148 valence electrons. The highest BCUT2D eigenvalue weighted by atomic mass is 35.5. The number of nitrogens with one attached hydrogen (secondary N) is 2. The van der Waals surface area contributed by atoms with Crippen LogP contribution in [0.15, 0.2) is 5.38 Å². The van der Waals surface area contributed by atoms with Crippen molar-refractivity contribution < 1.29 is 4.79 Å². The largest absolute Gasteiger partial charge is 0.317 e. The van der Waals surface area contributed by atoms with Gasteiger partial charge >= 0.3 is 0 Å². The maximum atomic E-state index is 12.5. The first kappa shape index (κ1) is 21.9. The maximum Gasteiger partial charge on any atom is 0.229 e. The van der Waals surface area contributed by atoms with Gasteiger partial charge in [0.25, 0.3) is 0 Å². The van der Waals surface area contributed by atoms with E-state index in [4.69, 9.17) is 0 Å². The Bertz CT molecular complexity index is 606. The summed E-state index contributed by atoms with van der Waals surface area (Å²) in [4.78, 5) is 19.6. The number of likely N-dealkylation sites (tertiary alicyclic amines) is 1. The number of amides is 1. The van der Waals surface area contributed by atoms with Crippen molar-refractivity contribution >= 4 is 47.2 Å². The summed E-state index contributed by atoms with van der Waals surface area (Å²) in [6, 6.07) is 0. The van der Waals surface area contributed by atoms with Crippen molar-refractivity contribution in [1.29, 1.82) is 0 Å². The van der Waals surface area contributed by atoms with E-state index in [0.29, 0.717) is 5.41 Å². The van der Waals surface area contributed by atoms with Gasteiger partial charge in [-0.3, -0.25) is 9.69 Å². The number of carbonyl (C=O) groups excluding carboxylic acids is 1. The number of thiazole rings is 1. The van der Waals surface area contributed by atoms with E-state index in [9.17, 15) is 4.79 Å². The second kappa shape index (κ2) is 9.20. The Labute approximate surface area is 172 Å². The Morgan fingerprint density at radius 3 is 2.92 bits per heavy atom. The Balaban J connectivity index is 0.00000121. The zero-order chi connectivity index (χ0) is 16.6.